The Bertz CT molecular complexity index is 1010. The normalized spacial score (nSPS) is 16.5. The molecule has 4 rings (SSSR count). The first kappa shape index (κ1) is 18.3. The van der Waals surface area contributed by atoms with Crippen molar-refractivity contribution in [1.82, 2.24) is 15.3 Å². The van der Waals surface area contributed by atoms with Gasteiger partial charge in [-0.3, -0.25) is 4.79 Å². The molecule has 1 fully saturated rings. The fraction of sp³-hybridized carbons (Fsp3) is 0.318. The third kappa shape index (κ3) is 3.67. The summed E-state index contributed by atoms with van der Waals surface area (Å²) in [5.74, 6) is 0.311. The van der Waals surface area contributed by atoms with Gasteiger partial charge in [0.15, 0.2) is 0 Å². The van der Waals surface area contributed by atoms with Crippen LogP contribution in [-0.4, -0.2) is 35.0 Å². The van der Waals surface area contributed by atoms with Gasteiger partial charge >= 0.3 is 0 Å². The molecule has 5 nitrogen and oxygen atoms in total. The highest BCUT2D eigenvalue weighted by Crippen LogP contribution is 2.25. The van der Waals surface area contributed by atoms with E-state index in [0.29, 0.717) is 24.5 Å². The van der Waals surface area contributed by atoms with Crippen LogP contribution in [0.2, 0.25) is 0 Å². The molecule has 6 heteroatoms. The summed E-state index contributed by atoms with van der Waals surface area (Å²) in [4.78, 5) is 24.1. The van der Waals surface area contributed by atoms with Gasteiger partial charge in [0, 0.05) is 18.5 Å². The highest BCUT2D eigenvalue weighted by atomic mass is 19.1. The van der Waals surface area contributed by atoms with E-state index in [2.05, 4.69) is 15.3 Å². The second-order valence-corrected chi connectivity index (χ2v) is 7.11. The number of carbonyl (C=O) groups is 1. The fourth-order valence-corrected chi connectivity index (χ4v) is 3.77. The molecule has 0 radical (unpaired) electrons. The number of fused-ring (bicyclic) bond motifs is 1. The third-order valence-electron chi connectivity index (χ3n) is 5.25. The number of rotatable bonds is 5. The predicted molar refractivity (Wildman–Crippen MR) is 108 cm³/mol. The number of amides is 1. The van der Waals surface area contributed by atoms with Gasteiger partial charge < -0.3 is 10.2 Å². The number of hydrogen-bond acceptors (Lipinski definition) is 4. The quantitative estimate of drug-likeness (QED) is 0.739. The van der Waals surface area contributed by atoms with Gasteiger partial charge in [-0.15, -0.1) is 0 Å². The molecule has 1 saturated heterocycles. The van der Waals surface area contributed by atoms with Crippen LogP contribution in [0.15, 0.2) is 48.5 Å². The third-order valence-corrected chi connectivity index (χ3v) is 5.25. The number of aromatic nitrogens is 2. The van der Waals surface area contributed by atoms with Crippen molar-refractivity contribution in [3.8, 4) is 0 Å². The van der Waals surface area contributed by atoms with Gasteiger partial charge in [0.25, 0.3) is 0 Å². The van der Waals surface area contributed by atoms with Crippen molar-refractivity contribution in [2.24, 2.45) is 0 Å². The largest absolute Gasteiger partial charge is 0.354 e. The molecule has 144 valence electrons. The van der Waals surface area contributed by atoms with Crippen LogP contribution in [0, 0.1) is 12.7 Å². The molecule has 0 saturated carbocycles. The van der Waals surface area contributed by atoms with E-state index in [1.807, 2.05) is 36.1 Å². The molecule has 1 aliphatic rings. The predicted octanol–water partition coefficient (Wildman–Crippen LogP) is 3.41. The van der Waals surface area contributed by atoms with Crippen LogP contribution in [0.1, 0.15) is 24.1 Å². The lowest BCUT2D eigenvalue weighted by molar-refractivity contribution is -0.122. The maximum atomic E-state index is 13.7. The van der Waals surface area contributed by atoms with Crippen LogP contribution in [0.4, 0.5) is 10.3 Å². The molecule has 1 atom stereocenters. The first-order valence-corrected chi connectivity index (χ1v) is 9.64. The lowest BCUT2D eigenvalue weighted by atomic mass is 10.1. The Kier molecular flexibility index (Phi) is 5.19. The summed E-state index contributed by atoms with van der Waals surface area (Å²) in [7, 11) is 0. The minimum atomic E-state index is -0.291. The van der Waals surface area contributed by atoms with Crippen LogP contribution >= 0.6 is 0 Å². The van der Waals surface area contributed by atoms with Crippen LogP contribution in [0.5, 0.6) is 0 Å². The molecular weight excluding hydrogens is 355 g/mol. The number of para-hydroxylation sites is 1. The summed E-state index contributed by atoms with van der Waals surface area (Å²) in [6.07, 6.45) is 2.15. The van der Waals surface area contributed by atoms with Crippen molar-refractivity contribution < 1.29 is 9.18 Å². The molecule has 1 amide bonds. The molecule has 1 aromatic heterocycles. The molecular formula is C22H23FN4O. The van der Waals surface area contributed by atoms with E-state index < -0.39 is 0 Å². The summed E-state index contributed by atoms with van der Waals surface area (Å²) in [6.45, 7) is 3.12. The van der Waals surface area contributed by atoms with Gasteiger partial charge in [0.1, 0.15) is 11.9 Å². The Hall–Kier alpha value is -3.02. The number of carbonyl (C=O) groups excluding carboxylic acids is 1. The SMILES string of the molecule is Cc1nc(N2CCC[C@H]2C(=O)NCCc2ccccc2F)nc2ccccc12. The lowest BCUT2D eigenvalue weighted by Gasteiger charge is -2.24. The van der Waals surface area contributed by atoms with E-state index in [4.69, 9.17) is 0 Å². The molecule has 2 heterocycles. The number of hydrogen-bond donors (Lipinski definition) is 1. The van der Waals surface area contributed by atoms with Gasteiger partial charge in [-0.2, -0.15) is 0 Å². The molecule has 0 unspecified atom stereocenters. The van der Waals surface area contributed by atoms with E-state index >= 15 is 0 Å². The average Bonchev–Trinajstić information content (AvgIpc) is 3.19. The zero-order chi connectivity index (χ0) is 19.5. The Morgan fingerprint density at radius 2 is 1.96 bits per heavy atom. The van der Waals surface area contributed by atoms with Gasteiger partial charge in [-0.25, -0.2) is 14.4 Å². The molecule has 1 N–H and O–H groups in total. The molecule has 1 aliphatic heterocycles. The average molecular weight is 378 g/mol. The number of nitrogens with one attached hydrogen (secondary N) is 1. The van der Waals surface area contributed by atoms with Crippen molar-refractivity contribution in [2.75, 3.05) is 18.0 Å². The van der Waals surface area contributed by atoms with E-state index in [-0.39, 0.29) is 17.8 Å². The van der Waals surface area contributed by atoms with Gasteiger partial charge in [-0.05, 0) is 43.9 Å². The van der Waals surface area contributed by atoms with E-state index in [1.165, 1.54) is 6.07 Å². The first-order valence-electron chi connectivity index (χ1n) is 9.64. The number of nitrogens with zero attached hydrogens (tertiary/aromatic N) is 3. The van der Waals surface area contributed by atoms with Gasteiger partial charge in [0.05, 0.1) is 11.2 Å². The van der Waals surface area contributed by atoms with E-state index in [9.17, 15) is 9.18 Å². The van der Waals surface area contributed by atoms with Crippen molar-refractivity contribution in [3.05, 3.63) is 65.6 Å². The number of anilines is 1. The van der Waals surface area contributed by atoms with Gasteiger partial charge in [0.2, 0.25) is 11.9 Å². The van der Waals surface area contributed by atoms with Gasteiger partial charge in [-0.1, -0.05) is 36.4 Å². The van der Waals surface area contributed by atoms with Crippen molar-refractivity contribution in [2.45, 2.75) is 32.2 Å². The maximum absolute atomic E-state index is 13.7. The second kappa shape index (κ2) is 7.92. The maximum Gasteiger partial charge on any atom is 0.242 e. The van der Waals surface area contributed by atoms with Crippen LogP contribution in [0.25, 0.3) is 10.9 Å². The smallest absolute Gasteiger partial charge is 0.242 e. The highest BCUT2D eigenvalue weighted by Gasteiger charge is 2.32. The zero-order valence-electron chi connectivity index (χ0n) is 15.9. The fourth-order valence-electron chi connectivity index (χ4n) is 3.77. The first-order chi connectivity index (χ1) is 13.6. The summed E-state index contributed by atoms with van der Waals surface area (Å²) in [5, 5.41) is 3.97. The molecule has 3 aromatic rings. The molecule has 2 aromatic carbocycles. The summed E-state index contributed by atoms with van der Waals surface area (Å²) in [5.41, 5.74) is 2.40. The number of benzene rings is 2. The molecule has 0 aliphatic carbocycles. The minimum Gasteiger partial charge on any atom is -0.354 e. The monoisotopic (exact) mass is 378 g/mol. The van der Waals surface area contributed by atoms with E-state index in [0.717, 1.165) is 36.0 Å². The molecule has 0 bridgehead atoms. The van der Waals surface area contributed by atoms with E-state index in [1.54, 1.807) is 18.2 Å². The second-order valence-electron chi connectivity index (χ2n) is 7.11. The molecule has 28 heavy (non-hydrogen) atoms. The molecule has 0 spiro atoms. The Labute approximate surface area is 163 Å². The van der Waals surface area contributed by atoms with Crippen molar-refractivity contribution >= 4 is 22.8 Å². The highest BCUT2D eigenvalue weighted by molar-refractivity contribution is 5.86. The Morgan fingerprint density at radius 3 is 2.82 bits per heavy atom. The van der Waals surface area contributed by atoms with Crippen LogP contribution < -0.4 is 10.2 Å². The topological polar surface area (TPSA) is 58.1 Å². The van der Waals surface area contributed by atoms with Crippen molar-refractivity contribution in [1.29, 1.82) is 0 Å². The number of halogens is 1. The summed E-state index contributed by atoms with van der Waals surface area (Å²) >= 11 is 0. The van der Waals surface area contributed by atoms with Crippen LogP contribution in [-0.2, 0) is 11.2 Å². The summed E-state index contributed by atoms with van der Waals surface area (Å²) in [6, 6.07) is 14.3. The van der Waals surface area contributed by atoms with Crippen LogP contribution in [0.3, 0.4) is 0 Å². The Balaban J connectivity index is 1.46. The lowest BCUT2D eigenvalue weighted by Crippen LogP contribution is -2.44. The zero-order valence-corrected chi connectivity index (χ0v) is 15.9. The van der Waals surface area contributed by atoms with Crippen molar-refractivity contribution in [3.63, 3.8) is 0 Å². The standard InChI is InChI=1S/C22H23FN4O/c1-15-17-8-3-5-10-19(17)26-22(25-15)27-14-6-11-20(27)21(28)24-13-12-16-7-2-4-9-18(16)23/h2-5,7-10,20H,6,11-14H2,1H3,(H,24,28)/t20-/m0/s1. The summed E-state index contributed by atoms with van der Waals surface area (Å²) < 4.78 is 13.7. The Morgan fingerprint density at radius 1 is 1.18 bits per heavy atom. The minimum absolute atomic E-state index is 0.0525. The number of aryl methyl sites for hydroxylation is 1.